The van der Waals surface area contributed by atoms with E-state index < -0.39 is 0 Å². The monoisotopic (exact) mass is 194 g/mol. The first-order valence-corrected chi connectivity index (χ1v) is 6.29. The molecular weight excluding hydrogens is 169 g/mol. The largest absolute Gasteiger partial charge is 0.237 e. The van der Waals surface area contributed by atoms with Gasteiger partial charge in [0.2, 0.25) is 0 Å². The van der Waals surface area contributed by atoms with E-state index in [1.165, 1.54) is 45.7 Å². The molecule has 1 rings (SSSR count). The SMILES string of the molecule is CC(C)CBCCC[N+]1=CCCC1C. The molecule has 0 fully saturated rings. The quantitative estimate of drug-likeness (QED) is 0.347. The van der Waals surface area contributed by atoms with Crippen LogP contribution in [0.3, 0.4) is 0 Å². The summed E-state index contributed by atoms with van der Waals surface area (Å²) in [7, 11) is 1.42. The van der Waals surface area contributed by atoms with Gasteiger partial charge in [0.05, 0.1) is 0 Å². The van der Waals surface area contributed by atoms with Crippen LogP contribution in [0.25, 0.3) is 0 Å². The minimum absolute atomic E-state index is 0.806. The zero-order valence-electron chi connectivity index (χ0n) is 10.1. The molecule has 0 saturated heterocycles. The zero-order valence-corrected chi connectivity index (χ0v) is 10.1. The predicted octanol–water partition coefficient (Wildman–Crippen LogP) is 2.57. The summed E-state index contributed by atoms with van der Waals surface area (Å²) in [6.07, 6.45) is 9.26. The Kier molecular flexibility index (Phi) is 5.28. The molecule has 80 valence electrons. The molecule has 14 heavy (non-hydrogen) atoms. The zero-order chi connectivity index (χ0) is 10.4. The van der Waals surface area contributed by atoms with E-state index in [0.29, 0.717) is 0 Å². The predicted molar refractivity (Wildman–Crippen MR) is 66.1 cm³/mol. The summed E-state index contributed by atoms with van der Waals surface area (Å²) in [5.74, 6) is 0.882. The van der Waals surface area contributed by atoms with Gasteiger partial charge in [0, 0.05) is 12.8 Å². The van der Waals surface area contributed by atoms with Crippen LogP contribution in [0.15, 0.2) is 0 Å². The van der Waals surface area contributed by atoms with E-state index in [2.05, 4.69) is 31.6 Å². The maximum absolute atomic E-state index is 2.54. The Morgan fingerprint density at radius 2 is 2.29 bits per heavy atom. The summed E-state index contributed by atoms with van der Waals surface area (Å²) in [6.45, 7) is 8.27. The fourth-order valence-electron chi connectivity index (χ4n) is 2.16. The highest BCUT2D eigenvalue weighted by molar-refractivity contribution is 6.35. The average molecular weight is 194 g/mol. The summed E-state index contributed by atoms with van der Waals surface area (Å²) in [4.78, 5) is 0. The highest BCUT2D eigenvalue weighted by Gasteiger charge is 2.19. The van der Waals surface area contributed by atoms with Gasteiger partial charge in [-0.2, -0.15) is 0 Å². The van der Waals surface area contributed by atoms with E-state index in [0.717, 1.165) is 12.0 Å². The smallest absolute Gasteiger partial charge is 0.150 e. The van der Waals surface area contributed by atoms with Crippen molar-refractivity contribution in [2.24, 2.45) is 5.92 Å². The van der Waals surface area contributed by atoms with Crippen molar-refractivity contribution in [2.45, 2.75) is 58.7 Å². The summed E-state index contributed by atoms with van der Waals surface area (Å²) >= 11 is 0. The first-order valence-electron chi connectivity index (χ1n) is 6.29. The van der Waals surface area contributed by atoms with Gasteiger partial charge in [0.1, 0.15) is 26.1 Å². The standard InChI is InChI=1S/C12H25BN/c1-11(2)10-13-7-5-9-14-8-4-6-12(14)3/h8,11-13H,4-7,9-10H2,1-3H3/q+1. The van der Waals surface area contributed by atoms with Crippen molar-refractivity contribution in [1.29, 1.82) is 0 Å². The molecule has 1 heterocycles. The molecule has 0 N–H and O–H groups in total. The van der Waals surface area contributed by atoms with Gasteiger partial charge in [0.25, 0.3) is 0 Å². The molecule has 1 unspecified atom stereocenters. The Labute approximate surface area is 89.8 Å². The van der Waals surface area contributed by atoms with Gasteiger partial charge < -0.3 is 0 Å². The van der Waals surface area contributed by atoms with Gasteiger partial charge in [-0.05, 0) is 13.3 Å². The Morgan fingerprint density at radius 1 is 1.50 bits per heavy atom. The lowest BCUT2D eigenvalue weighted by atomic mass is 9.66. The summed E-state index contributed by atoms with van der Waals surface area (Å²) in [5, 5.41) is 0. The minimum Gasteiger partial charge on any atom is -0.237 e. The van der Waals surface area contributed by atoms with Crippen molar-refractivity contribution in [3.8, 4) is 0 Å². The maximum Gasteiger partial charge on any atom is 0.150 e. The van der Waals surface area contributed by atoms with Gasteiger partial charge in [-0.15, -0.1) is 0 Å². The third kappa shape index (κ3) is 4.30. The fraction of sp³-hybridized carbons (Fsp3) is 0.917. The molecule has 0 bridgehead atoms. The van der Waals surface area contributed by atoms with Crippen LogP contribution >= 0.6 is 0 Å². The van der Waals surface area contributed by atoms with Crippen LogP contribution in [-0.2, 0) is 0 Å². The highest BCUT2D eigenvalue weighted by Crippen LogP contribution is 2.09. The molecule has 0 saturated carbocycles. The number of hydrogen-bond donors (Lipinski definition) is 0. The Balaban J connectivity index is 1.99. The van der Waals surface area contributed by atoms with Crippen LogP contribution in [0.1, 0.15) is 40.0 Å². The molecular formula is C12H25BN+. The van der Waals surface area contributed by atoms with E-state index in [-0.39, 0.29) is 0 Å². The van der Waals surface area contributed by atoms with E-state index in [1.54, 1.807) is 0 Å². The van der Waals surface area contributed by atoms with Crippen molar-refractivity contribution in [3.05, 3.63) is 0 Å². The van der Waals surface area contributed by atoms with Gasteiger partial charge in [0.15, 0.2) is 0 Å². The normalized spacial score (nSPS) is 21.4. The highest BCUT2D eigenvalue weighted by atomic mass is 15.0. The van der Waals surface area contributed by atoms with Gasteiger partial charge >= 0.3 is 0 Å². The first-order chi connectivity index (χ1) is 6.70. The number of nitrogens with zero attached hydrogens (tertiary/aromatic N) is 1. The molecule has 0 aromatic rings. The van der Waals surface area contributed by atoms with E-state index in [9.17, 15) is 0 Å². The minimum atomic E-state index is 0.806. The molecule has 0 spiro atoms. The second-order valence-electron chi connectivity index (χ2n) is 5.09. The van der Waals surface area contributed by atoms with Crippen LogP contribution in [0.2, 0.25) is 12.6 Å². The topological polar surface area (TPSA) is 3.01 Å². The van der Waals surface area contributed by atoms with Crippen LogP contribution in [0.4, 0.5) is 0 Å². The molecule has 0 aromatic carbocycles. The van der Waals surface area contributed by atoms with Crippen LogP contribution in [-0.4, -0.2) is 30.7 Å². The van der Waals surface area contributed by atoms with Crippen molar-refractivity contribution in [3.63, 3.8) is 0 Å². The second kappa shape index (κ2) is 6.26. The van der Waals surface area contributed by atoms with E-state index in [1.807, 2.05) is 0 Å². The van der Waals surface area contributed by atoms with E-state index >= 15 is 0 Å². The lowest BCUT2D eigenvalue weighted by Gasteiger charge is -2.05. The third-order valence-electron chi connectivity index (χ3n) is 3.21. The Morgan fingerprint density at radius 3 is 2.86 bits per heavy atom. The van der Waals surface area contributed by atoms with Gasteiger partial charge in [-0.1, -0.05) is 32.4 Å². The van der Waals surface area contributed by atoms with Crippen molar-refractivity contribution in [2.75, 3.05) is 6.54 Å². The number of rotatable bonds is 6. The van der Waals surface area contributed by atoms with Crippen LogP contribution in [0, 0.1) is 5.92 Å². The van der Waals surface area contributed by atoms with Crippen molar-refractivity contribution < 1.29 is 4.58 Å². The summed E-state index contributed by atoms with van der Waals surface area (Å²) < 4.78 is 2.54. The molecule has 1 aliphatic heterocycles. The number of hydrogen-bond acceptors (Lipinski definition) is 0. The molecule has 0 radical (unpaired) electrons. The van der Waals surface area contributed by atoms with Crippen molar-refractivity contribution in [1.82, 2.24) is 0 Å². The molecule has 1 nitrogen and oxygen atoms in total. The molecule has 2 heteroatoms. The van der Waals surface area contributed by atoms with Crippen molar-refractivity contribution >= 4 is 13.5 Å². The summed E-state index contributed by atoms with van der Waals surface area (Å²) in [5.41, 5.74) is 0. The third-order valence-corrected chi connectivity index (χ3v) is 3.21. The lowest BCUT2D eigenvalue weighted by Crippen LogP contribution is -2.19. The molecule has 1 atom stereocenters. The molecule has 1 aliphatic rings. The lowest BCUT2D eigenvalue weighted by molar-refractivity contribution is -0.550. The fourth-order valence-corrected chi connectivity index (χ4v) is 2.16. The summed E-state index contributed by atoms with van der Waals surface area (Å²) in [6, 6.07) is 0.806. The maximum atomic E-state index is 2.54. The van der Waals surface area contributed by atoms with Crippen LogP contribution < -0.4 is 0 Å². The van der Waals surface area contributed by atoms with E-state index in [4.69, 9.17) is 0 Å². The Hall–Kier alpha value is -0.265. The second-order valence-corrected chi connectivity index (χ2v) is 5.09. The molecule has 0 aliphatic carbocycles. The van der Waals surface area contributed by atoms with Gasteiger partial charge in [-0.3, -0.25) is 0 Å². The molecule has 0 amide bonds. The Bertz CT molecular complexity index is 187. The van der Waals surface area contributed by atoms with Crippen LogP contribution in [0.5, 0.6) is 0 Å². The van der Waals surface area contributed by atoms with Gasteiger partial charge in [-0.25, -0.2) is 4.58 Å². The molecule has 0 aromatic heterocycles. The first kappa shape index (κ1) is 11.8. The average Bonchev–Trinajstić information content (AvgIpc) is 2.51.